The number of thiazole rings is 1. The molecule has 0 radical (unpaired) electrons. The van der Waals surface area contributed by atoms with E-state index in [9.17, 15) is 4.79 Å². The van der Waals surface area contributed by atoms with Crippen LogP contribution in [0.2, 0.25) is 0 Å². The van der Waals surface area contributed by atoms with Gasteiger partial charge in [0, 0.05) is 37.0 Å². The fraction of sp³-hybridized carbons (Fsp3) is 0.667. The molecule has 0 aromatic carbocycles. The average molecular weight is 268 g/mol. The van der Waals surface area contributed by atoms with Gasteiger partial charge in [-0.05, 0) is 19.9 Å². The number of nitrogens with two attached hydrogens (primary N) is 1. The molecule has 18 heavy (non-hydrogen) atoms. The van der Waals surface area contributed by atoms with Crippen LogP contribution in [0, 0.1) is 0 Å². The second kappa shape index (κ2) is 6.26. The Morgan fingerprint density at radius 3 is 3.06 bits per heavy atom. The second-order valence-corrected chi connectivity index (χ2v) is 5.55. The van der Waals surface area contributed by atoms with Gasteiger partial charge in [-0.2, -0.15) is 0 Å². The summed E-state index contributed by atoms with van der Waals surface area (Å²) in [6.45, 7) is 1.22. The molecule has 100 valence electrons. The molecule has 1 unspecified atom stereocenters. The van der Waals surface area contributed by atoms with Crippen molar-refractivity contribution in [3.63, 3.8) is 0 Å². The van der Waals surface area contributed by atoms with Crippen molar-refractivity contribution < 1.29 is 4.79 Å². The van der Waals surface area contributed by atoms with Gasteiger partial charge < -0.3 is 11.1 Å². The Morgan fingerprint density at radius 1 is 1.72 bits per heavy atom. The smallest absolute Gasteiger partial charge is 0.221 e. The Labute approximate surface area is 111 Å². The van der Waals surface area contributed by atoms with Crippen molar-refractivity contribution in [3.05, 3.63) is 16.6 Å². The number of nitrogens with one attached hydrogen (secondary N) is 1. The number of hydrogen-bond donors (Lipinski definition) is 2. The highest BCUT2D eigenvalue weighted by atomic mass is 32.1. The molecule has 1 fully saturated rings. The summed E-state index contributed by atoms with van der Waals surface area (Å²) in [5.41, 5.74) is 8.61. The third-order valence-electron chi connectivity index (χ3n) is 3.15. The predicted molar refractivity (Wildman–Crippen MR) is 72.2 cm³/mol. The highest BCUT2D eigenvalue weighted by Crippen LogP contribution is 2.19. The minimum Gasteiger partial charge on any atom is -0.353 e. The van der Waals surface area contributed by atoms with Gasteiger partial charge in [0.1, 0.15) is 0 Å². The van der Waals surface area contributed by atoms with E-state index < -0.39 is 0 Å². The molecule has 0 spiro atoms. The molecule has 1 aliphatic rings. The molecular formula is C12H20N4OS. The Bertz CT molecular complexity index is 377. The van der Waals surface area contributed by atoms with E-state index in [4.69, 9.17) is 5.73 Å². The first-order chi connectivity index (χ1) is 8.69. The topological polar surface area (TPSA) is 71.2 Å². The number of likely N-dealkylation sites (N-methyl/N-ethyl adjacent to an activating group) is 1. The number of rotatable bonds is 7. The maximum atomic E-state index is 11.8. The normalized spacial score (nSPS) is 16.8. The van der Waals surface area contributed by atoms with Crippen molar-refractivity contribution in [3.8, 4) is 0 Å². The fourth-order valence-electron chi connectivity index (χ4n) is 1.85. The standard InChI is InChI=1S/C12H20N4OS/c1-16(6-10-7-18-8-14-10)11(5-13)4-12(17)15-9-2-3-9/h7-9,11H,2-6,13H2,1H3,(H,15,17). The molecule has 1 amide bonds. The Hall–Kier alpha value is -0.980. The van der Waals surface area contributed by atoms with Crippen LogP contribution < -0.4 is 11.1 Å². The number of aromatic nitrogens is 1. The zero-order chi connectivity index (χ0) is 13.0. The van der Waals surface area contributed by atoms with Gasteiger partial charge in [-0.3, -0.25) is 9.69 Å². The van der Waals surface area contributed by atoms with Gasteiger partial charge in [-0.15, -0.1) is 11.3 Å². The van der Waals surface area contributed by atoms with Crippen LogP contribution in [0.3, 0.4) is 0 Å². The van der Waals surface area contributed by atoms with Crippen LogP contribution >= 0.6 is 11.3 Å². The van der Waals surface area contributed by atoms with Crippen molar-refractivity contribution in [2.24, 2.45) is 5.73 Å². The number of carbonyl (C=O) groups excluding carboxylic acids is 1. The molecule has 3 N–H and O–H groups in total. The number of carbonyl (C=O) groups is 1. The van der Waals surface area contributed by atoms with E-state index >= 15 is 0 Å². The minimum absolute atomic E-state index is 0.0745. The number of amides is 1. The Morgan fingerprint density at radius 2 is 2.50 bits per heavy atom. The van der Waals surface area contributed by atoms with Crippen LogP contribution in [0.25, 0.3) is 0 Å². The van der Waals surface area contributed by atoms with Crippen LogP contribution in [-0.2, 0) is 11.3 Å². The lowest BCUT2D eigenvalue weighted by molar-refractivity contribution is -0.122. The van der Waals surface area contributed by atoms with Gasteiger partial charge in [0.05, 0.1) is 11.2 Å². The molecule has 1 saturated carbocycles. The summed E-state index contributed by atoms with van der Waals surface area (Å²) in [7, 11) is 1.99. The van der Waals surface area contributed by atoms with E-state index in [2.05, 4.69) is 15.2 Å². The van der Waals surface area contributed by atoms with E-state index in [1.807, 2.05) is 17.9 Å². The van der Waals surface area contributed by atoms with Crippen molar-refractivity contribution in [2.45, 2.75) is 37.9 Å². The maximum absolute atomic E-state index is 11.8. The molecule has 1 aromatic heterocycles. The van der Waals surface area contributed by atoms with Crippen molar-refractivity contribution in [1.29, 1.82) is 0 Å². The molecule has 6 heteroatoms. The molecule has 0 saturated heterocycles. The van der Waals surface area contributed by atoms with Crippen LogP contribution in [-0.4, -0.2) is 41.5 Å². The van der Waals surface area contributed by atoms with Crippen LogP contribution in [0.1, 0.15) is 25.0 Å². The fourth-order valence-corrected chi connectivity index (χ4v) is 2.40. The summed E-state index contributed by atoms with van der Waals surface area (Å²) >= 11 is 1.58. The zero-order valence-electron chi connectivity index (χ0n) is 10.6. The second-order valence-electron chi connectivity index (χ2n) is 4.83. The van der Waals surface area contributed by atoms with Crippen molar-refractivity contribution in [2.75, 3.05) is 13.6 Å². The lowest BCUT2D eigenvalue weighted by Crippen LogP contribution is -2.42. The highest BCUT2D eigenvalue weighted by molar-refractivity contribution is 7.07. The lowest BCUT2D eigenvalue weighted by atomic mass is 10.1. The maximum Gasteiger partial charge on any atom is 0.221 e. The Balaban J connectivity index is 1.80. The molecule has 0 aliphatic heterocycles. The van der Waals surface area contributed by atoms with Crippen molar-refractivity contribution in [1.82, 2.24) is 15.2 Å². The molecule has 1 heterocycles. The SMILES string of the molecule is CN(Cc1cscn1)C(CN)CC(=O)NC1CC1. The first kappa shape index (κ1) is 13.5. The molecule has 1 aromatic rings. The van der Waals surface area contributed by atoms with Gasteiger partial charge >= 0.3 is 0 Å². The first-order valence-electron chi connectivity index (χ1n) is 6.25. The lowest BCUT2D eigenvalue weighted by Gasteiger charge is -2.25. The van der Waals surface area contributed by atoms with E-state index in [0.29, 0.717) is 19.0 Å². The van der Waals surface area contributed by atoms with Crippen LogP contribution in [0.4, 0.5) is 0 Å². The quantitative estimate of drug-likeness (QED) is 0.758. The molecular weight excluding hydrogens is 248 g/mol. The zero-order valence-corrected chi connectivity index (χ0v) is 11.4. The Kier molecular flexibility index (Phi) is 4.68. The van der Waals surface area contributed by atoms with E-state index in [0.717, 1.165) is 25.1 Å². The monoisotopic (exact) mass is 268 g/mol. The molecule has 1 aliphatic carbocycles. The van der Waals surface area contributed by atoms with E-state index in [-0.39, 0.29) is 11.9 Å². The van der Waals surface area contributed by atoms with Crippen LogP contribution in [0.5, 0.6) is 0 Å². The van der Waals surface area contributed by atoms with Crippen molar-refractivity contribution >= 4 is 17.2 Å². The highest BCUT2D eigenvalue weighted by Gasteiger charge is 2.25. The summed E-state index contributed by atoms with van der Waals surface area (Å²) in [5.74, 6) is 0.109. The third-order valence-corrected chi connectivity index (χ3v) is 3.79. The van der Waals surface area contributed by atoms with Crippen LogP contribution in [0.15, 0.2) is 10.9 Å². The van der Waals surface area contributed by atoms with Gasteiger partial charge in [-0.25, -0.2) is 4.98 Å². The van der Waals surface area contributed by atoms with E-state index in [1.165, 1.54) is 0 Å². The summed E-state index contributed by atoms with van der Waals surface area (Å²) in [6.07, 6.45) is 2.70. The molecule has 5 nitrogen and oxygen atoms in total. The summed E-state index contributed by atoms with van der Waals surface area (Å²) < 4.78 is 0. The number of nitrogens with zero attached hydrogens (tertiary/aromatic N) is 2. The predicted octanol–water partition coefficient (Wildman–Crippen LogP) is 0.571. The van der Waals surface area contributed by atoms with Gasteiger partial charge in [-0.1, -0.05) is 0 Å². The van der Waals surface area contributed by atoms with Gasteiger partial charge in [0.25, 0.3) is 0 Å². The van der Waals surface area contributed by atoms with Gasteiger partial charge in [0.2, 0.25) is 5.91 Å². The minimum atomic E-state index is 0.0745. The number of hydrogen-bond acceptors (Lipinski definition) is 5. The third kappa shape index (κ3) is 4.04. The average Bonchev–Trinajstić information content (AvgIpc) is 3.00. The molecule has 1 atom stereocenters. The first-order valence-corrected chi connectivity index (χ1v) is 7.20. The van der Waals surface area contributed by atoms with E-state index in [1.54, 1.807) is 11.3 Å². The summed E-state index contributed by atoms with van der Waals surface area (Å²) in [5, 5.41) is 5.02. The summed E-state index contributed by atoms with van der Waals surface area (Å²) in [6, 6.07) is 0.491. The molecule has 2 rings (SSSR count). The molecule has 0 bridgehead atoms. The largest absolute Gasteiger partial charge is 0.353 e. The summed E-state index contributed by atoms with van der Waals surface area (Å²) in [4.78, 5) is 18.1. The van der Waals surface area contributed by atoms with Gasteiger partial charge in [0.15, 0.2) is 0 Å².